The van der Waals surface area contributed by atoms with Gasteiger partial charge >= 0.3 is 0 Å². The van der Waals surface area contributed by atoms with Crippen LogP contribution in [0.2, 0.25) is 0 Å². The largest absolute Gasteiger partial charge is 0.508 e. The lowest BCUT2D eigenvalue weighted by atomic mass is 9.89. The number of allylic oxidation sites excluding steroid dienone is 1. The summed E-state index contributed by atoms with van der Waals surface area (Å²) in [5.41, 5.74) is 4.53. The second-order valence-corrected chi connectivity index (χ2v) is 19.2. The minimum atomic E-state index is -0.0988. The predicted molar refractivity (Wildman–Crippen MR) is 240 cm³/mol. The zero-order chi connectivity index (χ0) is 39.4. The summed E-state index contributed by atoms with van der Waals surface area (Å²) in [4.78, 5) is 0. The van der Waals surface area contributed by atoms with Gasteiger partial charge in [-0.2, -0.15) is 0 Å². The van der Waals surface area contributed by atoms with Crippen molar-refractivity contribution in [1.82, 2.24) is 10.6 Å². The van der Waals surface area contributed by atoms with Gasteiger partial charge in [-0.05, 0) is 134 Å². The molecule has 6 heteroatoms. The number of hydrogen-bond acceptors (Lipinski definition) is 4. The summed E-state index contributed by atoms with van der Waals surface area (Å²) < 4.78 is 6.08. The lowest BCUT2D eigenvalue weighted by molar-refractivity contribution is 0.0660. The van der Waals surface area contributed by atoms with E-state index in [1.165, 1.54) is 67.3 Å². The van der Waals surface area contributed by atoms with E-state index in [1.54, 1.807) is 37.1 Å². The van der Waals surface area contributed by atoms with Crippen molar-refractivity contribution in [2.75, 3.05) is 44.9 Å². The van der Waals surface area contributed by atoms with Gasteiger partial charge in [0, 0.05) is 24.6 Å². The molecule has 2 aromatic carbocycles. The molecule has 52 heavy (non-hydrogen) atoms. The first-order valence-corrected chi connectivity index (χ1v) is 24.2. The molecule has 2 fully saturated rings. The molecule has 298 valence electrons. The van der Waals surface area contributed by atoms with Crippen molar-refractivity contribution in [3.8, 4) is 11.5 Å². The Bertz CT molecular complexity index is 1160. The Hall–Kier alpha value is -1.86. The molecule has 0 spiro atoms. The van der Waals surface area contributed by atoms with E-state index in [9.17, 15) is 0 Å². The third-order valence-electron chi connectivity index (χ3n) is 9.43. The summed E-state index contributed by atoms with van der Waals surface area (Å²) in [6, 6.07) is 14.0. The Balaban J connectivity index is 0.000000661. The molecule has 3 aliphatic rings. The van der Waals surface area contributed by atoms with Gasteiger partial charge in [-0.3, -0.25) is 0 Å². The quantitative estimate of drug-likeness (QED) is 0.108. The maximum atomic E-state index is 8.76. The third kappa shape index (κ3) is 23.7. The van der Waals surface area contributed by atoms with E-state index < -0.39 is 0 Å². The highest BCUT2D eigenvalue weighted by atomic mass is 31.1. The summed E-state index contributed by atoms with van der Waals surface area (Å²) in [6.07, 6.45) is 21.0. The molecule has 5 unspecified atom stereocenters. The molecule has 0 radical (unpaired) electrons. The van der Waals surface area contributed by atoms with Crippen LogP contribution in [0.25, 0.3) is 0 Å². The van der Waals surface area contributed by atoms with Crippen LogP contribution < -0.4 is 15.4 Å². The molecule has 5 rings (SSSR count). The number of rotatable bonds is 13. The summed E-state index contributed by atoms with van der Waals surface area (Å²) in [5.74, 6) is 2.53. The molecule has 0 bridgehead atoms. The summed E-state index contributed by atoms with van der Waals surface area (Å²) in [7, 11) is 1.66. The van der Waals surface area contributed by atoms with Gasteiger partial charge in [-0.25, -0.2) is 0 Å². The van der Waals surface area contributed by atoms with Gasteiger partial charge in [-0.15, -0.1) is 23.1 Å². The number of phenolic OH excluding ortho intramolecular Hbond substituents is 1. The molecule has 4 nitrogen and oxygen atoms in total. The average molecular weight is 757 g/mol. The summed E-state index contributed by atoms with van der Waals surface area (Å²) in [6.45, 7) is 33.8. The minimum Gasteiger partial charge on any atom is -0.508 e. The predicted octanol–water partition coefficient (Wildman–Crippen LogP) is 13.4. The number of phenols is 1. The van der Waals surface area contributed by atoms with E-state index in [0.717, 1.165) is 52.1 Å². The molecule has 1 saturated heterocycles. The second kappa shape index (κ2) is 29.5. The molecule has 2 heterocycles. The van der Waals surface area contributed by atoms with E-state index in [-0.39, 0.29) is 5.60 Å². The van der Waals surface area contributed by atoms with E-state index in [1.807, 2.05) is 25.1 Å². The fourth-order valence-electron chi connectivity index (χ4n) is 6.00. The van der Waals surface area contributed by atoms with E-state index in [4.69, 9.17) is 9.84 Å². The van der Waals surface area contributed by atoms with Crippen LogP contribution in [0.4, 0.5) is 0 Å². The van der Waals surface area contributed by atoms with Crippen molar-refractivity contribution in [3.05, 3.63) is 84.6 Å². The topological polar surface area (TPSA) is 53.5 Å². The second-order valence-electron chi connectivity index (χ2n) is 15.6. The lowest BCUT2D eigenvalue weighted by Gasteiger charge is -2.38. The fraction of sp³-hybridized carbons (Fsp3) is 0.652. The van der Waals surface area contributed by atoms with Crippen LogP contribution in [-0.2, 0) is 0 Å². The van der Waals surface area contributed by atoms with E-state index in [2.05, 4.69) is 111 Å². The monoisotopic (exact) mass is 757 g/mol. The van der Waals surface area contributed by atoms with Crippen LogP contribution in [0.5, 0.6) is 11.5 Å². The van der Waals surface area contributed by atoms with Gasteiger partial charge < -0.3 is 20.5 Å². The van der Waals surface area contributed by atoms with Crippen molar-refractivity contribution in [3.63, 3.8) is 0 Å². The van der Waals surface area contributed by atoms with Crippen LogP contribution in [0, 0.1) is 25.2 Å². The normalized spacial score (nSPS) is 21.2. The molecule has 1 aliphatic carbocycles. The van der Waals surface area contributed by atoms with Gasteiger partial charge in [0.1, 0.15) is 17.1 Å². The molecule has 0 aromatic heterocycles. The maximum absolute atomic E-state index is 8.76. The molecule has 0 amide bonds. The SMILES string of the molecule is C=CCCCNC1CC(C)(C)Oc2ccc(C)cc21.C=CNCCCC.CCCC.CCCCPC.CP1CC2CC2(C)C1.Cc1ccc(O)cc1. The highest BCUT2D eigenvalue weighted by Crippen LogP contribution is 2.67. The van der Waals surface area contributed by atoms with Crippen molar-refractivity contribution >= 4 is 16.5 Å². The number of hydrogen-bond donors (Lipinski definition) is 3. The number of unbranched alkanes of at least 4 members (excludes halogenated alkanes) is 4. The Kier molecular flexibility index (Phi) is 28.4. The Labute approximate surface area is 326 Å². The number of fused-ring (bicyclic) bond motifs is 2. The number of benzene rings is 2. The summed E-state index contributed by atoms with van der Waals surface area (Å²) in [5, 5.41) is 15.4. The van der Waals surface area contributed by atoms with Crippen LogP contribution in [-0.4, -0.2) is 55.6 Å². The van der Waals surface area contributed by atoms with Crippen molar-refractivity contribution in [2.24, 2.45) is 11.3 Å². The first-order chi connectivity index (χ1) is 24.8. The molecule has 2 aliphatic heterocycles. The molecule has 5 atom stereocenters. The number of ether oxygens (including phenoxy) is 1. The zero-order valence-electron chi connectivity index (χ0n) is 35.7. The Morgan fingerprint density at radius 2 is 1.52 bits per heavy atom. The van der Waals surface area contributed by atoms with E-state index >= 15 is 0 Å². The highest BCUT2D eigenvalue weighted by Gasteiger charge is 2.55. The molecule has 1 saturated carbocycles. The first-order valence-electron chi connectivity index (χ1n) is 20.3. The number of nitrogens with one attached hydrogen (secondary N) is 2. The zero-order valence-corrected chi connectivity index (χ0v) is 37.6. The van der Waals surface area contributed by atoms with Crippen LogP contribution in [0.1, 0.15) is 135 Å². The van der Waals surface area contributed by atoms with Crippen molar-refractivity contribution in [1.29, 1.82) is 0 Å². The van der Waals surface area contributed by atoms with Gasteiger partial charge in [0.15, 0.2) is 0 Å². The van der Waals surface area contributed by atoms with Gasteiger partial charge in [0.2, 0.25) is 0 Å². The number of aromatic hydroxyl groups is 1. The third-order valence-corrected chi connectivity index (χ3v) is 12.6. The molecule has 2 aromatic rings. The fourth-order valence-corrected chi connectivity index (χ4v) is 9.78. The standard InChI is InChI=1S/C17H25NO.C7H8O.C7H13P.C6H13N.C5H13P.C4H10/c1-5-6-7-10-18-15-12-17(3,4)19-16-9-8-13(2)11-14(15)16;1-6-2-4-7(8)5-3-6;1-7-3-6(7)4-8(2)5-7;1-3-5-6-7-4-2;1-3-4-5-6-2;1-3-4-2/h5,8-9,11,15,18H,1,6-7,10,12H2,2-4H3;2-5,8H,1H3;6H,3-5H2,1-2H3;4,7H,2-3,5-6H2,1H3;6H,3-5H2,1-2H3;3-4H2,1-2H3. The van der Waals surface area contributed by atoms with Crippen molar-refractivity contribution in [2.45, 2.75) is 138 Å². The average Bonchev–Trinajstić information content (AvgIpc) is 3.64. The summed E-state index contributed by atoms with van der Waals surface area (Å²) >= 11 is 0. The minimum absolute atomic E-state index is 0.0988. The lowest BCUT2D eigenvalue weighted by Crippen LogP contribution is -2.39. The van der Waals surface area contributed by atoms with Crippen molar-refractivity contribution < 1.29 is 9.84 Å². The van der Waals surface area contributed by atoms with E-state index in [0.29, 0.717) is 19.7 Å². The van der Waals surface area contributed by atoms with Crippen LogP contribution in [0.3, 0.4) is 0 Å². The Morgan fingerprint density at radius 3 is 1.96 bits per heavy atom. The smallest absolute Gasteiger partial charge is 0.124 e. The van der Waals surface area contributed by atoms with Gasteiger partial charge in [0.05, 0.1) is 0 Å². The van der Waals surface area contributed by atoms with Gasteiger partial charge in [0.25, 0.3) is 0 Å². The molecular weight excluding hydrogens is 674 g/mol. The van der Waals surface area contributed by atoms with Gasteiger partial charge in [-0.1, -0.05) is 108 Å². The Morgan fingerprint density at radius 1 is 0.885 bits per heavy atom. The van der Waals surface area contributed by atoms with Crippen LogP contribution >= 0.6 is 16.5 Å². The molecular formula is C46H82N2O2P2. The number of aryl methyl sites for hydroxylation is 2. The first kappa shape index (κ1) is 50.1. The van der Waals surface area contributed by atoms with Crippen LogP contribution in [0.15, 0.2) is 67.9 Å². The maximum Gasteiger partial charge on any atom is 0.124 e. The highest BCUT2D eigenvalue weighted by molar-refractivity contribution is 7.57. The molecule has 3 N–H and O–H groups in total.